The minimum absolute atomic E-state index is 0.544. The Morgan fingerprint density at radius 1 is 1.05 bits per heavy atom. The van der Waals surface area contributed by atoms with Crippen LogP contribution in [0.4, 0.5) is 5.69 Å². The van der Waals surface area contributed by atoms with Crippen LogP contribution in [0.5, 0.6) is 0 Å². The van der Waals surface area contributed by atoms with E-state index in [9.17, 15) is 4.79 Å². The molecule has 0 saturated carbocycles. The number of isocyanates is 1. The van der Waals surface area contributed by atoms with Crippen LogP contribution in [0.15, 0.2) is 52.0 Å². The first kappa shape index (κ1) is 13.9. The Labute approximate surface area is 127 Å². The largest absolute Gasteiger partial charge is 0.339 e. The minimum atomic E-state index is 0.544. The minimum Gasteiger partial charge on any atom is -0.339 e. The second-order valence-corrected chi connectivity index (χ2v) is 4.92. The van der Waals surface area contributed by atoms with Crippen molar-refractivity contribution in [1.82, 2.24) is 10.1 Å². The Hall–Kier alpha value is -3.04. The zero-order valence-electron chi connectivity index (χ0n) is 12.2. The molecule has 0 radical (unpaired) electrons. The Bertz CT molecular complexity index is 860. The molecule has 108 valence electrons. The third-order valence-electron chi connectivity index (χ3n) is 3.37. The molecule has 0 fully saturated rings. The van der Waals surface area contributed by atoms with Crippen molar-refractivity contribution in [2.24, 2.45) is 4.99 Å². The molecule has 0 atom stereocenters. The van der Waals surface area contributed by atoms with E-state index >= 15 is 0 Å². The lowest BCUT2D eigenvalue weighted by Crippen LogP contribution is -1.87. The fraction of sp³-hybridized carbons (Fsp3) is 0.118. The van der Waals surface area contributed by atoms with Crippen molar-refractivity contribution in [3.8, 4) is 22.5 Å². The second-order valence-electron chi connectivity index (χ2n) is 4.92. The van der Waals surface area contributed by atoms with Crippen LogP contribution in [0.1, 0.15) is 11.5 Å². The summed E-state index contributed by atoms with van der Waals surface area (Å²) in [6.45, 7) is 3.80. The fourth-order valence-electron chi connectivity index (χ4n) is 2.31. The highest BCUT2D eigenvalue weighted by molar-refractivity contribution is 5.72. The average Bonchev–Trinajstić information content (AvgIpc) is 2.95. The maximum atomic E-state index is 10.2. The number of benzene rings is 2. The van der Waals surface area contributed by atoms with Gasteiger partial charge in [-0.25, -0.2) is 4.79 Å². The molecule has 0 aliphatic rings. The number of aryl methyl sites for hydroxylation is 2. The van der Waals surface area contributed by atoms with E-state index < -0.39 is 0 Å². The lowest BCUT2D eigenvalue weighted by Gasteiger charge is -2.07. The predicted octanol–water partition coefficient (Wildman–Crippen LogP) is 3.99. The van der Waals surface area contributed by atoms with Gasteiger partial charge in [0.1, 0.15) is 0 Å². The monoisotopic (exact) mass is 291 g/mol. The molecule has 3 rings (SSSR count). The van der Waals surface area contributed by atoms with E-state index in [1.807, 2.05) is 37.3 Å². The molecule has 0 saturated heterocycles. The highest BCUT2D eigenvalue weighted by atomic mass is 16.5. The lowest BCUT2D eigenvalue weighted by molar-refractivity contribution is 0.394. The first-order valence-electron chi connectivity index (χ1n) is 6.77. The molecule has 0 N–H and O–H groups in total. The van der Waals surface area contributed by atoms with Crippen molar-refractivity contribution in [3.63, 3.8) is 0 Å². The van der Waals surface area contributed by atoms with Crippen LogP contribution in [-0.2, 0) is 4.79 Å². The summed E-state index contributed by atoms with van der Waals surface area (Å²) in [5.74, 6) is 1.13. The van der Waals surface area contributed by atoms with Gasteiger partial charge in [0.25, 0.3) is 0 Å². The van der Waals surface area contributed by atoms with Gasteiger partial charge in [-0.2, -0.15) is 9.98 Å². The summed E-state index contributed by atoms with van der Waals surface area (Å²) in [6.07, 6.45) is 1.53. The molecule has 0 bridgehead atoms. The lowest BCUT2D eigenvalue weighted by atomic mass is 9.98. The number of hydrogen-bond acceptors (Lipinski definition) is 5. The summed E-state index contributed by atoms with van der Waals surface area (Å²) in [4.78, 5) is 18.1. The Balaban J connectivity index is 1.96. The zero-order chi connectivity index (χ0) is 15.5. The summed E-state index contributed by atoms with van der Waals surface area (Å²) >= 11 is 0. The van der Waals surface area contributed by atoms with Crippen LogP contribution < -0.4 is 0 Å². The number of aromatic nitrogens is 2. The SMILES string of the molecule is Cc1nc(-c2ccc(-c3ccc(N=C=O)cc3)c(C)c2)no1. The summed E-state index contributed by atoms with van der Waals surface area (Å²) in [5, 5.41) is 3.93. The Morgan fingerprint density at radius 3 is 2.36 bits per heavy atom. The molecule has 1 heterocycles. The van der Waals surface area contributed by atoms with Gasteiger partial charge in [-0.1, -0.05) is 29.4 Å². The molecular weight excluding hydrogens is 278 g/mol. The van der Waals surface area contributed by atoms with Gasteiger partial charge in [0, 0.05) is 12.5 Å². The van der Waals surface area contributed by atoms with Crippen molar-refractivity contribution in [3.05, 3.63) is 53.9 Å². The number of hydrogen-bond donors (Lipinski definition) is 0. The van der Waals surface area contributed by atoms with Crippen molar-refractivity contribution >= 4 is 11.8 Å². The average molecular weight is 291 g/mol. The molecule has 1 aromatic heterocycles. The number of aliphatic imine (C=N–C) groups is 1. The predicted molar refractivity (Wildman–Crippen MR) is 82.4 cm³/mol. The molecule has 5 nitrogen and oxygen atoms in total. The molecule has 0 unspecified atom stereocenters. The van der Waals surface area contributed by atoms with Gasteiger partial charge in [-0.15, -0.1) is 0 Å². The van der Waals surface area contributed by atoms with Gasteiger partial charge >= 0.3 is 0 Å². The van der Waals surface area contributed by atoms with Crippen molar-refractivity contribution < 1.29 is 9.32 Å². The standard InChI is InChI=1S/C17H13N3O2/c1-11-9-14(17-19-12(2)22-20-17)5-8-16(11)13-3-6-15(7-4-13)18-10-21/h3-9H,1-2H3. The maximum absolute atomic E-state index is 10.2. The topological polar surface area (TPSA) is 68.3 Å². The summed E-state index contributed by atoms with van der Waals surface area (Å²) in [7, 11) is 0. The first-order valence-corrected chi connectivity index (χ1v) is 6.77. The van der Waals surface area contributed by atoms with E-state index in [4.69, 9.17) is 4.52 Å². The number of nitrogens with zero attached hydrogens (tertiary/aromatic N) is 3. The van der Waals surface area contributed by atoms with Gasteiger partial charge in [0.15, 0.2) is 0 Å². The van der Waals surface area contributed by atoms with E-state index in [1.165, 1.54) is 6.08 Å². The quantitative estimate of drug-likeness (QED) is 0.540. The van der Waals surface area contributed by atoms with Crippen LogP contribution >= 0.6 is 0 Å². The van der Waals surface area contributed by atoms with Crippen molar-refractivity contribution in [1.29, 1.82) is 0 Å². The highest BCUT2D eigenvalue weighted by Gasteiger charge is 2.08. The van der Waals surface area contributed by atoms with E-state index in [0.29, 0.717) is 17.4 Å². The van der Waals surface area contributed by atoms with Crippen LogP contribution in [0, 0.1) is 13.8 Å². The Kier molecular flexibility index (Phi) is 3.64. The fourth-order valence-corrected chi connectivity index (χ4v) is 2.31. The summed E-state index contributed by atoms with van der Waals surface area (Å²) in [6, 6.07) is 13.4. The molecule has 5 heteroatoms. The van der Waals surface area contributed by atoms with Gasteiger partial charge < -0.3 is 4.52 Å². The normalized spacial score (nSPS) is 10.3. The van der Waals surface area contributed by atoms with Gasteiger partial charge in [0.2, 0.25) is 17.8 Å². The third-order valence-corrected chi connectivity index (χ3v) is 3.37. The first-order chi connectivity index (χ1) is 10.7. The van der Waals surface area contributed by atoms with Crippen molar-refractivity contribution in [2.75, 3.05) is 0 Å². The van der Waals surface area contributed by atoms with E-state index in [-0.39, 0.29) is 0 Å². The molecule has 2 aromatic carbocycles. The third kappa shape index (κ3) is 2.71. The van der Waals surface area contributed by atoms with Gasteiger partial charge in [0.05, 0.1) is 5.69 Å². The maximum Gasteiger partial charge on any atom is 0.240 e. The molecule has 3 aromatic rings. The molecule has 22 heavy (non-hydrogen) atoms. The molecule has 0 aliphatic heterocycles. The molecular formula is C17H13N3O2. The van der Waals surface area contributed by atoms with Crippen LogP contribution in [0.2, 0.25) is 0 Å². The van der Waals surface area contributed by atoms with Crippen LogP contribution in [0.3, 0.4) is 0 Å². The Morgan fingerprint density at radius 2 is 1.77 bits per heavy atom. The molecule has 0 spiro atoms. The van der Waals surface area contributed by atoms with Gasteiger partial charge in [-0.05, 0) is 41.8 Å². The van der Waals surface area contributed by atoms with E-state index in [1.54, 1.807) is 19.1 Å². The highest BCUT2D eigenvalue weighted by Crippen LogP contribution is 2.28. The zero-order valence-corrected chi connectivity index (χ0v) is 12.2. The molecule has 0 amide bonds. The van der Waals surface area contributed by atoms with Gasteiger partial charge in [-0.3, -0.25) is 0 Å². The van der Waals surface area contributed by atoms with E-state index in [0.717, 1.165) is 22.3 Å². The second kappa shape index (κ2) is 5.76. The smallest absolute Gasteiger partial charge is 0.240 e. The van der Waals surface area contributed by atoms with Crippen molar-refractivity contribution in [2.45, 2.75) is 13.8 Å². The van der Waals surface area contributed by atoms with Crippen LogP contribution in [-0.4, -0.2) is 16.2 Å². The number of rotatable bonds is 3. The van der Waals surface area contributed by atoms with E-state index in [2.05, 4.69) is 15.1 Å². The summed E-state index contributed by atoms with van der Waals surface area (Å²) < 4.78 is 5.01. The number of carbonyl (C=O) groups excluding carboxylic acids is 1. The molecule has 0 aliphatic carbocycles. The summed E-state index contributed by atoms with van der Waals surface area (Å²) in [5.41, 5.74) is 4.77. The van der Waals surface area contributed by atoms with Crippen LogP contribution in [0.25, 0.3) is 22.5 Å².